The van der Waals surface area contributed by atoms with Gasteiger partial charge in [0.1, 0.15) is 0 Å². The van der Waals surface area contributed by atoms with Gasteiger partial charge in [0.15, 0.2) is 0 Å². The van der Waals surface area contributed by atoms with Crippen LogP contribution in [-0.4, -0.2) is 89.4 Å². The van der Waals surface area contributed by atoms with Crippen molar-refractivity contribution in [2.75, 3.05) is 52.9 Å². The van der Waals surface area contributed by atoms with Crippen molar-refractivity contribution in [3.8, 4) is 0 Å². The van der Waals surface area contributed by atoms with Crippen molar-refractivity contribution in [1.82, 2.24) is 24.5 Å². The zero-order valence-corrected chi connectivity index (χ0v) is 17.4. The first-order valence-corrected chi connectivity index (χ1v) is 10.9. The minimum absolute atomic E-state index is 0.0197. The van der Waals surface area contributed by atoms with E-state index in [4.69, 9.17) is 4.74 Å². The summed E-state index contributed by atoms with van der Waals surface area (Å²) in [5, 5.41) is 4.39. The third-order valence-electron chi connectivity index (χ3n) is 6.66. The standard InChI is InChI=1S/C21H35N5O2/c1-23-10-6-17(7-11-23)21(27)26-12-13-28-19(16-25-8-4-3-5-9-25)20(26)18-14-22-24(2)15-18/h14-15,17,19-20H,3-13,16H2,1-2H3/t19-,20-/m0/s1. The normalized spacial score (nSPS) is 28.6. The van der Waals surface area contributed by atoms with Crippen molar-refractivity contribution in [3.63, 3.8) is 0 Å². The van der Waals surface area contributed by atoms with E-state index >= 15 is 0 Å². The third kappa shape index (κ3) is 4.42. The Bertz CT molecular complexity index is 649. The highest BCUT2D eigenvalue weighted by molar-refractivity contribution is 5.79. The van der Waals surface area contributed by atoms with Crippen LogP contribution in [0, 0.1) is 5.92 Å². The molecule has 0 bridgehead atoms. The van der Waals surface area contributed by atoms with E-state index in [9.17, 15) is 4.79 Å². The molecule has 4 rings (SSSR count). The number of nitrogens with zero attached hydrogens (tertiary/aromatic N) is 5. The summed E-state index contributed by atoms with van der Waals surface area (Å²) in [5.74, 6) is 0.456. The van der Waals surface area contributed by atoms with Crippen molar-refractivity contribution >= 4 is 5.91 Å². The maximum Gasteiger partial charge on any atom is 0.226 e. The maximum absolute atomic E-state index is 13.5. The van der Waals surface area contributed by atoms with Gasteiger partial charge in [-0.2, -0.15) is 5.10 Å². The Morgan fingerprint density at radius 2 is 1.86 bits per heavy atom. The number of aromatic nitrogens is 2. The van der Waals surface area contributed by atoms with E-state index in [1.807, 2.05) is 17.9 Å². The molecule has 1 amide bonds. The van der Waals surface area contributed by atoms with Crippen LogP contribution in [0.5, 0.6) is 0 Å². The molecule has 0 aromatic carbocycles. The minimum Gasteiger partial charge on any atom is -0.373 e. The van der Waals surface area contributed by atoms with Crippen LogP contribution in [0.15, 0.2) is 12.4 Å². The van der Waals surface area contributed by atoms with Gasteiger partial charge in [-0.15, -0.1) is 0 Å². The van der Waals surface area contributed by atoms with Gasteiger partial charge >= 0.3 is 0 Å². The summed E-state index contributed by atoms with van der Waals surface area (Å²) in [4.78, 5) is 20.5. The van der Waals surface area contributed by atoms with Crippen molar-refractivity contribution < 1.29 is 9.53 Å². The number of likely N-dealkylation sites (tertiary alicyclic amines) is 2. The summed E-state index contributed by atoms with van der Waals surface area (Å²) >= 11 is 0. The van der Waals surface area contributed by atoms with Gasteiger partial charge in [0.05, 0.1) is 24.9 Å². The van der Waals surface area contributed by atoms with Gasteiger partial charge in [0.25, 0.3) is 0 Å². The first-order valence-electron chi connectivity index (χ1n) is 10.9. The monoisotopic (exact) mass is 389 g/mol. The second-order valence-corrected chi connectivity index (χ2v) is 8.77. The molecule has 0 N–H and O–H groups in total. The Balaban J connectivity index is 1.53. The molecule has 7 nitrogen and oxygen atoms in total. The number of morpholine rings is 1. The van der Waals surface area contributed by atoms with E-state index in [0.29, 0.717) is 19.1 Å². The lowest BCUT2D eigenvalue weighted by atomic mass is 9.92. The van der Waals surface area contributed by atoms with E-state index < -0.39 is 0 Å². The number of hydrogen-bond acceptors (Lipinski definition) is 5. The van der Waals surface area contributed by atoms with Crippen LogP contribution in [0.1, 0.15) is 43.7 Å². The molecule has 156 valence electrons. The van der Waals surface area contributed by atoms with Gasteiger partial charge in [-0.1, -0.05) is 6.42 Å². The molecule has 4 heterocycles. The largest absolute Gasteiger partial charge is 0.373 e. The number of amides is 1. The fourth-order valence-corrected chi connectivity index (χ4v) is 5.01. The molecule has 0 saturated carbocycles. The summed E-state index contributed by atoms with van der Waals surface area (Å²) in [6, 6.07) is -0.0310. The highest BCUT2D eigenvalue weighted by Gasteiger charge is 2.40. The SMILES string of the molecule is CN1CCC(C(=O)N2CCO[C@@H](CN3CCCCC3)[C@@H]2c2cnn(C)c2)CC1. The molecule has 1 aromatic rings. The first-order chi connectivity index (χ1) is 13.6. The number of carbonyl (C=O) groups excluding carboxylic acids is 1. The zero-order valence-electron chi connectivity index (χ0n) is 17.4. The maximum atomic E-state index is 13.5. The van der Waals surface area contributed by atoms with E-state index in [1.54, 1.807) is 0 Å². The van der Waals surface area contributed by atoms with Crippen molar-refractivity contribution in [1.29, 1.82) is 0 Å². The average Bonchev–Trinajstić information content (AvgIpc) is 3.14. The van der Waals surface area contributed by atoms with Gasteiger partial charge in [-0.3, -0.25) is 9.48 Å². The smallest absolute Gasteiger partial charge is 0.226 e. The molecule has 3 aliphatic rings. The van der Waals surface area contributed by atoms with Gasteiger partial charge in [-0.05, 0) is 58.9 Å². The molecular weight excluding hydrogens is 354 g/mol. The number of aryl methyl sites for hydroxylation is 1. The second-order valence-electron chi connectivity index (χ2n) is 8.77. The highest BCUT2D eigenvalue weighted by Crippen LogP contribution is 2.33. The lowest BCUT2D eigenvalue weighted by Crippen LogP contribution is -2.54. The quantitative estimate of drug-likeness (QED) is 0.782. The van der Waals surface area contributed by atoms with Crippen molar-refractivity contribution in [2.45, 2.75) is 44.2 Å². The van der Waals surface area contributed by atoms with Crippen LogP contribution >= 0.6 is 0 Å². The van der Waals surface area contributed by atoms with E-state index in [2.05, 4.69) is 33.0 Å². The zero-order chi connectivity index (χ0) is 19.5. The third-order valence-corrected chi connectivity index (χ3v) is 6.66. The van der Waals surface area contributed by atoms with E-state index in [1.165, 1.54) is 19.3 Å². The Kier molecular flexibility index (Phi) is 6.33. The molecule has 3 aliphatic heterocycles. The minimum atomic E-state index is -0.0310. The average molecular weight is 390 g/mol. The predicted octanol–water partition coefficient (Wildman–Crippen LogP) is 1.52. The molecule has 0 radical (unpaired) electrons. The van der Waals surface area contributed by atoms with Crippen LogP contribution in [0.3, 0.4) is 0 Å². The van der Waals surface area contributed by atoms with Crippen LogP contribution in [0.2, 0.25) is 0 Å². The summed E-state index contributed by atoms with van der Waals surface area (Å²) in [7, 11) is 4.08. The molecule has 0 spiro atoms. The summed E-state index contributed by atoms with van der Waals surface area (Å²) in [5.41, 5.74) is 1.10. The molecule has 28 heavy (non-hydrogen) atoms. The Labute approximate surface area is 168 Å². The highest BCUT2D eigenvalue weighted by atomic mass is 16.5. The molecular formula is C21H35N5O2. The number of carbonyl (C=O) groups is 1. The predicted molar refractivity (Wildman–Crippen MR) is 108 cm³/mol. The second kappa shape index (κ2) is 8.93. The molecule has 7 heteroatoms. The first kappa shape index (κ1) is 19.9. The van der Waals surface area contributed by atoms with Crippen LogP contribution in [-0.2, 0) is 16.6 Å². The van der Waals surface area contributed by atoms with Crippen LogP contribution in [0.25, 0.3) is 0 Å². The van der Waals surface area contributed by atoms with Gasteiger partial charge in [0, 0.05) is 37.8 Å². The topological polar surface area (TPSA) is 53.8 Å². The molecule has 3 fully saturated rings. The summed E-state index contributed by atoms with van der Waals surface area (Å²) in [6.07, 6.45) is 9.77. The summed E-state index contributed by atoms with van der Waals surface area (Å²) < 4.78 is 8.09. The Hall–Kier alpha value is -1.44. The lowest BCUT2D eigenvalue weighted by Gasteiger charge is -2.44. The molecule has 0 aliphatic carbocycles. The number of hydrogen-bond donors (Lipinski definition) is 0. The Morgan fingerprint density at radius 3 is 2.54 bits per heavy atom. The van der Waals surface area contributed by atoms with E-state index in [0.717, 1.165) is 51.1 Å². The Morgan fingerprint density at radius 1 is 1.11 bits per heavy atom. The van der Waals surface area contributed by atoms with Gasteiger partial charge in [-0.25, -0.2) is 0 Å². The van der Waals surface area contributed by atoms with Crippen molar-refractivity contribution in [3.05, 3.63) is 18.0 Å². The number of rotatable bonds is 4. The molecule has 1 aromatic heterocycles. The number of piperidine rings is 2. The molecule has 2 atom stereocenters. The van der Waals surface area contributed by atoms with Crippen LogP contribution in [0.4, 0.5) is 0 Å². The van der Waals surface area contributed by atoms with Crippen molar-refractivity contribution in [2.24, 2.45) is 13.0 Å². The fraction of sp³-hybridized carbons (Fsp3) is 0.810. The van der Waals surface area contributed by atoms with Crippen LogP contribution < -0.4 is 0 Å². The van der Waals surface area contributed by atoms with E-state index in [-0.39, 0.29) is 18.1 Å². The molecule has 3 saturated heterocycles. The van der Waals surface area contributed by atoms with Gasteiger partial charge in [0.2, 0.25) is 5.91 Å². The number of ether oxygens (including phenoxy) is 1. The molecule has 0 unspecified atom stereocenters. The lowest BCUT2D eigenvalue weighted by molar-refractivity contribution is -0.154. The fourth-order valence-electron chi connectivity index (χ4n) is 5.01. The van der Waals surface area contributed by atoms with Gasteiger partial charge < -0.3 is 19.4 Å². The summed E-state index contributed by atoms with van der Waals surface area (Å²) in [6.45, 7) is 6.52.